The first-order chi connectivity index (χ1) is 16.5. The lowest BCUT2D eigenvalue weighted by Gasteiger charge is -2.08. The Balaban J connectivity index is 1.42. The molecule has 34 heavy (non-hydrogen) atoms. The third-order valence-corrected chi connectivity index (χ3v) is 6.64. The standard InChI is InChI=1S/C28H28ClN3OS/c1-3-4-5-7-20-11-13-21(14-12-20)27(33)30-24-9-6-8-22(16-24)26-18-34-28(32-26)31-25-17-23(29)15-10-19(25)2/h6,8-18H,3-5,7H2,1-2H3,(H,30,33)(H,31,32). The molecule has 0 unspecified atom stereocenters. The highest BCUT2D eigenvalue weighted by atomic mass is 35.5. The predicted molar refractivity (Wildman–Crippen MR) is 145 cm³/mol. The minimum Gasteiger partial charge on any atom is -0.331 e. The van der Waals surface area contributed by atoms with Crippen LogP contribution in [0, 0.1) is 6.92 Å². The van der Waals surface area contributed by atoms with Crippen molar-refractivity contribution >= 4 is 45.4 Å². The molecule has 0 aliphatic carbocycles. The van der Waals surface area contributed by atoms with Gasteiger partial charge in [0, 0.05) is 32.9 Å². The van der Waals surface area contributed by atoms with E-state index in [1.807, 2.05) is 79.0 Å². The van der Waals surface area contributed by atoms with E-state index in [2.05, 4.69) is 17.6 Å². The van der Waals surface area contributed by atoms with Crippen LogP contribution in [0.1, 0.15) is 47.7 Å². The Bertz CT molecular complexity index is 1270. The van der Waals surface area contributed by atoms with Crippen molar-refractivity contribution in [1.82, 2.24) is 4.98 Å². The van der Waals surface area contributed by atoms with Gasteiger partial charge in [-0.3, -0.25) is 4.79 Å². The molecule has 0 bridgehead atoms. The second kappa shape index (κ2) is 11.3. The van der Waals surface area contributed by atoms with E-state index in [9.17, 15) is 4.79 Å². The molecule has 1 amide bonds. The molecular formula is C28H28ClN3OS. The first-order valence-electron chi connectivity index (χ1n) is 11.5. The Morgan fingerprint density at radius 3 is 2.65 bits per heavy atom. The van der Waals surface area contributed by atoms with Crippen molar-refractivity contribution in [2.75, 3.05) is 10.6 Å². The lowest BCUT2D eigenvalue weighted by Crippen LogP contribution is -2.11. The van der Waals surface area contributed by atoms with Gasteiger partial charge in [0.15, 0.2) is 5.13 Å². The van der Waals surface area contributed by atoms with Gasteiger partial charge in [-0.2, -0.15) is 0 Å². The number of nitrogens with one attached hydrogen (secondary N) is 2. The molecule has 2 N–H and O–H groups in total. The summed E-state index contributed by atoms with van der Waals surface area (Å²) in [7, 11) is 0. The molecular weight excluding hydrogens is 462 g/mol. The number of nitrogens with zero attached hydrogens (tertiary/aromatic N) is 1. The van der Waals surface area contributed by atoms with Gasteiger partial charge in [-0.05, 0) is 67.3 Å². The molecule has 0 saturated heterocycles. The summed E-state index contributed by atoms with van der Waals surface area (Å²) in [6, 6.07) is 21.4. The van der Waals surface area contributed by atoms with Crippen LogP contribution in [0.25, 0.3) is 11.3 Å². The highest BCUT2D eigenvalue weighted by Crippen LogP contribution is 2.30. The fourth-order valence-corrected chi connectivity index (χ4v) is 4.57. The topological polar surface area (TPSA) is 54.0 Å². The van der Waals surface area contributed by atoms with Crippen LogP contribution in [-0.2, 0) is 6.42 Å². The van der Waals surface area contributed by atoms with Crippen molar-refractivity contribution in [3.05, 3.63) is 93.8 Å². The van der Waals surface area contributed by atoms with Crippen LogP contribution >= 0.6 is 22.9 Å². The number of aromatic nitrogens is 1. The first kappa shape index (κ1) is 24.0. The number of rotatable bonds is 9. The maximum absolute atomic E-state index is 12.8. The van der Waals surface area contributed by atoms with Crippen molar-refractivity contribution in [2.45, 2.75) is 39.5 Å². The Hall–Kier alpha value is -3.15. The summed E-state index contributed by atoms with van der Waals surface area (Å²) >= 11 is 7.66. The number of halogens is 1. The number of carbonyl (C=O) groups excluding carboxylic acids is 1. The predicted octanol–water partition coefficient (Wildman–Crippen LogP) is 8.50. The van der Waals surface area contributed by atoms with Gasteiger partial charge in [0.2, 0.25) is 0 Å². The quantitative estimate of drug-likeness (QED) is 0.232. The highest BCUT2D eigenvalue weighted by molar-refractivity contribution is 7.14. The van der Waals surface area contributed by atoms with Crippen LogP contribution < -0.4 is 10.6 Å². The van der Waals surface area contributed by atoms with Gasteiger partial charge in [0.1, 0.15) is 0 Å². The zero-order valence-electron chi connectivity index (χ0n) is 19.4. The third kappa shape index (κ3) is 6.25. The van der Waals surface area contributed by atoms with Gasteiger partial charge in [0.05, 0.1) is 5.69 Å². The fourth-order valence-electron chi connectivity index (χ4n) is 3.67. The van der Waals surface area contributed by atoms with E-state index < -0.39 is 0 Å². The number of amides is 1. The smallest absolute Gasteiger partial charge is 0.255 e. The SMILES string of the molecule is CCCCCc1ccc(C(=O)Nc2cccc(-c3csc(Nc4cc(Cl)ccc4C)n3)c2)cc1. The molecule has 0 saturated carbocycles. The molecule has 0 aliphatic rings. The maximum Gasteiger partial charge on any atom is 0.255 e. The maximum atomic E-state index is 12.8. The van der Waals surface area contributed by atoms with Crippen LogP contribution in [0.2, 0.25) is 5.02 Å². The lowest BCUT2D eigenvalue weighted by atomic mass is 10.0. The summed E-state index contributed by atoms with van der Waals surface area (Å²) in [6.45, 7) is 4.23. The number of benzene rings is 3. The molecule has 3 aromatic carbocycles. The molecule has 4 aromatic rings. The molecule has 0 radical (unpaired) electrons. The molecule has 1 aromatic heterocycles. The Morgan fingerprint density at radius 1 is 1.03 bits per heavy atom. The van der Waals surface area contributed by atoms with E-state index in [0.29, 0.717) is 10.6 Å². The molecule has 6 heteroatoms. The summed E-state index contributed by atoms with van der Waals surface area (Å²) in [6.07, 6.45) is 4.68. The minimum atomic E-state index is -0.116. The monoisotopic (exact) mass is 489 g/mol. The molecule has 0 spiro atoms. The van der Waals surface area contributed by atoms with Gasteiger partial charge in [-0.15, -0.1) is 11.3 Å². The summed E-state index contributed by atoms with van der Waals surface area (Å²) in [5, 5.41) is 9.82. The highest BCUT2D eigenvalue weighted by Gasteiger charge is 2.10. The Kier molecular flexibility index (Phi) is 7.99. The summed E-state index contributed by atoms with van der Waals surface area (Å²) in [5.41, 5.74) is 6.49. The number of thiazole rings is 1. The van der Waals surface area contributed by atoms with Gasteiger partial charge < -0.3 is 10.6 Å². The van der Waals surface area contributed by atoms with Gasteiger partial charge in [0.25, 0.3) is 5.91 Å². The number of anilines is 3. The number of hydrogen-bond acceptors (Lipinski definition) is 4. The molecule has 0 atom stereocenters. The molecule has 0 fully saturated rings. The second-order valence-corrected chi connectivity index (χ2v) is 9.61. The number of aryl methyl sites for hydroxylation is 2. The zero-order valence-corrected chi connectivity index (χ0v) is 21.0. The molecule has 174 valence electrons. The summed E-state index contributed by atoms with van der Waals surface area (Å²) < 4.78 is 0. The fraction of sp³-hybridized carbons (Fsp3) is 0.214. The van der Waals surface area contributed by atoms with E-state index in [4.69, 9.17) is 16.6 Å². The number of carbonyl (C=O) groups is 1. The number of unbranched alkanes of at least 4 members (excludes halogenated alkanes) is 2. The molecule has 4 nitrogen and oxygen atoms in total. The van der Waals surface area contributed by atoms with E-state index in [1.54, 1.807) is 0 Å². The molecule has 0 aliphatic heterocycles. The van der Waals surface area contributed by atoms with Crippen LogP contribution in [0.3, 0.4) is 0 Å². The Morgan fingerprint density at radius 2 is 1.85 bits per heavy atom. The van der Waals surface area contributed by atoms with Gasteiger partial charge >= 0.3 is 0 Å². The van der Waals surface area contributed by atoms with Crippen molar-refractivity contribution in [1.29, 1.82) is 0 Å². The second-order valence-electron chi connectivity index (χ2n) is 8.31. The van der Waals surface area contributed by atoms with E-state index >= 15 is 0 Å². The van der Waals surface area contributed by atoms with Crippen molar-refractivity contribution in [3.8, 4) is 11.3 Å². The third-order valence-electron chi connectivity index (χ3n) is 5.65. The number of hydrogen-bond donors (Lipinski definition) is 2. The molecule has 4 rings (SSSR count). The zero-order chi connectivity index (χ0) is 23.9. The van der Waals surface area contributed by atoms with E-state index in [-0.39, 0.29) is 5.91 Å². The normalized spacial score (nSPS) is 10.8. The van der Waals surface area contributed by atoms with Crippen molar-refractivity contribution < 1.29 is 4.79 Å². The Labute approximate surface area is 210 Å². The van der Waals surface area contributed by atoms with Crippen LogP contribution in [0.15, 0.2) is 72.1 Å². The van der Waals surface area contributed by atoms with Crippen LogP contribution in [0.5, 0.6) is 0 Å². The minimum absolute atomic E-state index is 0.116. The average Bonchev–Trinajstić information content (AvgIpc) is 3.31. The van der Waals surface area contributed by atoms with Gasteiger partial charge in [-0.25, -0.2) is 4.98 Å². The van der Waals surface area contributed by atoms with E-state index in [1.165, 1.54) is 36.2 Å². The van der Waals surface area contributed by atoms with Crippen molar-refractivity contribution in [3.63, 3.8) is 0 Å². The van der Waals surface area contributed by atoms with Crippen LogP contribution in [-0.4, -0.2) is 10.9 Å². The lowest BCUT2D eigenvalue weighted by molar-refractivity contribution is 0.102. The first-order valence-corrected chi connectivity index (χ1v) is 12.8. The average molecular weight is 490 g/mol. The van der Waals surface area contributed by atoms with Crippen LogP contribution in [0.4, 0.5) is 16.5 Å². The summed E-state index contributed by atoms with van der Waals surface area (Å²) in [4.78, 5) is 17.5. The van der Waals surface area contributed by atoms with Gasteiger partial charge in [-0.1, -0.05) is 61.7 Å². The summed E-state index contributed by atoms with van der Waals surface area (Å²) in [5.74, 6) is -0.116. The molecule has 1 heterocycles. The largest absolute Gasteiger partial charge is 0.331 e. The van der Waals surface area contributed by atoms with Crippen molar-refractivity contribution in [2.24, 2.45) is 0 Å². The van der Waals surface area contributed by atoms with E-state index in [0.717, 1.165) is 39.7 Å².